The molecule has 2 saturated heterocycles. The van der Waals surface area contributed by atoms with Crippen LogP contribution in [0.25, 0.3) is 0 Å². The number of piperidine rings is 1. The van der Waals surface area contributed by atoms with Crippen LogP contribution in [0.5, 0.6) is 0 Å². The maximum absolute atomic E-state index is 2.84. The third kappa shape index (κ3) is 2.24. The van der Waals surface area contributed by atoms with Crippen molar-refractivity contribution in [3.63, 3.8) is 0 Å². The zero-order valence-corrected chi connectivity index (χ0v) is 13.4. The van der Waals surface area contributed by atoms with Crippen LogP contribution in [0.1, 0.15) is 55.5 Å². The minimum atomic E-state index is 0.712. The van der Waals surface area contributed by atoms with Gasteiger partial charge in [-0.25, -0.2) is 0 Å². The lowest BCUT2D eigenvalue weighted by atomic mass is 9.89. The highest BCUT2D eigenvalue weighted by Crippen LogP contribution is 2.40. The molecule has 2 aliphatic heterocycles. The summed E-state index contributed by atoms with van der Waals surface area (Å²) in [4.78, 5) is 7.28. The van der Waals surface area contributed by atoms with E-state index in [9.17, 15) is 0 Å². The van der Waals surface area contributed by atoms with Crippen LogP contribution in [0.2, 0.25) is 0 Å². The summed E-state index contributed by atoms with van der Waals surface area (Å²) in [6.45, 7) is 6.39. The molecule has 2 nitrogen and oxygen atoms in total. The van der Waals surface area contributed by atoms with Crippen LogP contribution in [0, 0.1) is 0 Å². The molecule has 3 unspecified atom stereocenters. The highest BCUT2D eigenvalue weighted by Gasteiger charge is 2.37. The van der Waals surface area contributed by atoms with Gasteiger partial charge in [0.15, 0.2) is 0 Å². The first-order valence-corrected chi connectivity index (χ1v) is 9.27. The van der Waals surface area contributed by atoms with E-state index >= 15 is 0 Å². The topological polar surface area (TPSA) is 6.48 Å². The maximum atomic E-state index is 2.84. The molecule has 0 N–H and O–H groups in total. The molecule has 0 spiro atoms. The van der Waals surface area contributed by atoms with Gasteiger partial charge in [0.2, 0.25) is 0 Å². The van der Waals surface area contributed by atoms with E-state index in [1.807, 2.05) is 11.3 Å². The molecular weight excluding hydrogens is 264 g/mol. The summed E-state index contributed by atoms with van der Waals surface area (Å²) >= 11 is 1.98. The summed E-state index contributed by atoms with van der Waals surface area (Å²) in [7, 11) is 0. The molecule has 1 aliphatic carbocycles. The molecule has 1 aromatic rings. The number of thiophene rings is 1. The SMILES string of the molecule is CC1CN2CCCCC2CN1C1CCCc2sccc21. The summed E-state index contributed by atoms with van der Waals surface area (Å²) in [6.07, 6.45) is 8.36. The van der Waals surface area contributed by atoms with Gasteiger partial charge in [0.1, 0.15) is 0 Å². The summed E-state index contributed by atoms with van der Waals surface area (Å²) in [5.74, 6) is 0. The van der Waals surface area contributed by atoms with Crippen molar-refractivity contribution >= 4 is 11.3 Å². The Morgan fingerprint density at radius 1 is 1.15 bits per heavy atom. The second kappa shape index (κ2) is 5.43. The third-order valence-corrected chi connectivity index (χ3v) is 6.65. The molecule has 3 atom stereocenters. The van der Waals surface area contributed by atoms with Crippen LogP contribution in [0.4, 0.5) is 0 Å². The Hall–Kier alpha value is -0.380. The first kappa shape index (κ1) is 13.3. The fourth-order valence-corrected chi connectivity index (χ4v) is 5.60. The van der Waals surface area contributed by atoms with Gasteiger partial charge in [-0.1, -0.05) is 6.42 Å². The summed E-state index contributed by atoms with van der Waals surface area (Å²) in [5, 5.41) is 2.31. The molecule has 20 heavy (non-hydrogen) atoms. The van der Waals surface area contributed by atoms with Gasteiger partial charge in [-0.2, -0.15) is 0 Å². The van der Waals surface area contributed by atoms with Crippen molar-refractivity contribution in [2.45, 2.75) is 63.6 Å². The number of aryl methyl sites for hydroxylation is 1. The van der Waals surface area contributed by atoms with E-state index in [1.54, 1.807) is 10.4 Å². The summed E-state index contributed by atoms with van der Waals surface area (Å²) in [6, 6.07) is 4.68. The Morgan fingerprint density at radius 2 is 2.10 bits per heavy atom. The van der Waals surface area contributed by atoms with Crippen molar-refractivity contribution in [3.8, 4) is 0 Å². The van der Waals surface area contributed by atoms with Crippen LogP contribution >= 0.6 is 11.3 Å². The van der Waals surface area contributed by atoms with E-state index in [2.05, 4.69) is 28.2 Å². The number of hydrogen-bond acceptors (Lipinski definition) is 3. The monoisotopic (exact) mass is 290 g/mol. The molecule has 3 heterocycles. The maximum Gasteiger partial charge on any atom is 0.0363 e. The minimum absolute atomic E-state index is 0.712. The molecule has 4 rings (SSSR count). The average molecular weight is 290 g/mol. The van der Waals surface area contributed by atoms with Gasteiger partial charge in [-0.15, -0.1) is 11.3 Å². The van der Waals surface area contributed by atoms with Gasteiger partial charge in [0.05, 0.1) is 0 Å². The predicted octanol–water partition coefficient (Wildman–Crippen LogP) is 3.68. The van der Waals surface area contributed by atoms with Crippen molar-refractivity contribution in [2.75, 3.05) is 19.6 Å². The van der Waals surface area contributed by atoms with Crippen LogP contribution in [-0.4, -0.2) is 41.5 Å². The van der Waals surface area contributed by atoms with Crippen LogP contribution in [-0.2, 0) is 6.42 Å². The van der Waals surface area contributed by atoms with Crippen molar-refractivity contribution in [3.05, 3.63) is 21.9 Å². The van der Waals surface area contributed by atoms with Crippen LogP contribution < -0.4 is 0 Å². The molecular formula is C17H26N2S. The van der Waals surface area contributed by atoms with Crippen molar-refractivity contribution in [1.82, 2.24) is 9.80 Å². The number of rotatable bonds is 1. The Balaban J connectivity index is 1.57. The van der Waals surface area contributed by atoms with Crippen molar-refractivity contribution in [1.29, 1.82) is 0 Å². The molecule has 0 aromatic carbocycles. The van der Waals surface area contributed by atoms with Gasteiger partial charge in [-0.05, 0) is 62.6 Å². The number of piperazine rings is 1. The van der Waals surface area contributed by atoms with Crippen molar-refractivity contribution in [2.24, 2.45) is 0 Å². The van der Waals surface area contributed by atoms with Crippen LogP contribution in [0.3, 0.4) is 0 Å². The number of fused-ring (bicyclic) bond motifs is 2. The fraction of sp³-hybridized carbons (Fsp3) is 0.765. The number of nitrogens with zero attached hydrogens (tertiary/aromatic N) is 2. The Morgan fingerprint density at radius 3 is 3.05 bits per heavy atom. The summed E-state index contributed by atoms with van der Waals surface area (Å²) in [5.41, 5.74) is 1.66. The van der Waals surface area contributed by atoms with E-state index < -0.39 is 0 Å². The van der Waals surface area contributed by atoms with Gasteiger partial charge in [-0.3, -0.25) is 9.80 Å². The standard InChI is InChI=1S/C17H26N2S/c1-13-11-18-9-3-2-5-14(18)12-19(13)16-6-4-7-17-15(16)8-10-20-17/h8,10,13-14,16H,2-7,9,11-12H2,1H3. The van der Waals surface area contributed by atoms with E-state index in [1.165, 1.54) is 58.2 Å². The smallest absolute Gasteiger partial charge is 0.0363 e. The number of hydrogen-bond donors (Lipinski definition) is 0. The van der Waals surface area contributed by atoms with Gasteiger partial charge in [0, 0.05) is 36.1 Å². The minimum Gasteiger partial charge on any atom is -0.298 e. The second-order valence-electron chi connectivity index (χ2n) is 6.90. The Labute approximate surface area is 126 Å². The van der Waals surface area contributed by atoms with E-state index in [4.69, 9.17) is 0 Å². The van der Waals surface area contributed by atoms with Crippen LogP contribution in [0.15, 0.2) is 11.4 Å². The molecule has 0 radical (unpaired) electrons. The quantitative estimate of drug-likeness (QED) is 0.778. The summed E-state index contributed by atoms with van der Waals surface area (Å²) < 4.78 is 0. The highest BCUT2D eigenvalue weighted by atomic mass is 32.1. The fourth-order valence-electron chi connectivity index (χ4n) is 4.62. The van der Waals surface area contributed by atoms with E-state index in [0.29, 0.717) is 6.04 Å². The Bertz CT molecular complexity index is 469. The lowest BCUT2D eigenvalue weighted by Gasteiger charge is -2.50. The zero-order chi connectivity index (χ0) is 13.5. The normalized spacial score (nSPS) is 35.5. The van der Waals surface area contributed by atoms with Gasteiger partial charge < -0.3 is 0 Å². The largest absolute Gasteiger partial charge is 0.298 e. The first-order chi connectivity index (χ1) is 9.83. The van der Waals surface area contributed by atoms with Crippen molar-refractivity contribution < 1.29 is 0 Å². The zero-order valence-electron chi connectivity index (χ0n) is 12.6. The average Bonchev–Trinajstić information content (AvgIpc) is 2.95. The molecule has 0 saturated carbocycles. The molecule has 3 heteroatoms. The molecule has 0 amide bonds. The molecule has 0 bridgehead atoms. The first-order valence-electron chi connectivity index (χ1n) is 8.39. The van der Waals surface area contributed by atoms with E-state index in [0.717, 1.165) is 12.1 Å². The Kier molecular flexibility index (Phi) is 3.61. The van der Waals surface area contributed by atoms with Gasteiger partial charge >= 0.3 is 0 Å². The predicted molar refractivity (Wildman–Crippen MR) is 85.4 cm³/mol. The lowest BCUT2D eigenvalue weighted by Crippen LogP contribution is -2.59. The highest BCUT2D eigenvalue weighted by molar-refractivity contribution is 7.10. The molecule has 3 aliphatic rings. The third-order valence-electron chi connectivity index (χ3n) is 5.66. The molecule has 1 aromatic heterocycles. The molecule has 110 valence electrons. The second-order valence-corrected chi connectivity index (χ2v) is 7.90. The van der Waals surface area contributed by atoms with Gasteiger partial charge in [0.25, 0.3) is 0 Å². The lowest BCUT2D eigenvalue weighted by molar-refractivity contribution is -0.0121. The van der Waals surface area contributed by atoms with E-state index in [-0.39, 0.29) is 0 Å². The molecule has 2 fully saturated rings.